The van der Waals surface area contributed by atoms with Crippen LogP contribution < -0.4 is 10.1 Å². The highest BCUT2D eigenvalue weighted by molar-refractivity contribution is 7.89. The first-order chi connectivity index (χ1) is 13.7. The van der Waals surface area contributed by atoms with E-state index in [1.54, 1.807) is 19.9 Å². The van der Waals surface area contributed by atoms with E-state index in [9.17, 15) is 13.2 Å². The van der Waals surface area contributed by atoms with Crippen molar-refractivity contribution in [2.24, 2.45) is 0 Å². The molecule has 29 heavy (non-hydrogen) atoms. The van der Waals surface area contributed by atoms with Gasteiger partial charge in [-0.25, -0.2) is 8.42 Å². The second-order valence-corrected chi connectivity index (χ2v) is 8.47. The number of carbonyl (C=O) groups excluding carboxylic acids is 1. The number of benzene rings is 1. The minimum atomic E-state index is -3.64. The third kappa shape index (κ3) is 5.36. The van der Waals surface area contributed by atoms with Crippen molar-refractivity contribution >= 4 is 21.6 Å². The lowest BCUT2D eigenvalue weighted by Gasteiger charge is -2.20. The highest BCUT2D eigenvalue weighted by Crippen LogP contribution is 2.29. The molecule has 9 heteroatoms. The molecule has 0 atom stereocenters. The molecule has 1 N–H and O–H groups in total. The molecule has 1 heterocycles. The molecular weight excluding hydrogens is 394 g/mol. The molecule has 0 spiro atoms. The van der Waals surface area contributed by atoms with Crippen molar-refractivity contribution in [2.75, 3.05) is 25.0 Å². The summed E-state index contributed by atoms with van der Waals surface area (Å²) in [6.45, 7) is 10.2. The molecule has 1 amide bonds. The molecule has 8 nitrogen and oxygen atoms in total. The normalized spacial score (nSPS) is 11.7. The highest BCUT2D eigenvalue weighted by atomic mass is 32.2. The van der Waals surface area contributed by atoms with Crippen molar-refractivity contribution in [1.82, 2.24) is 9.46 Å². The molecule has 0 radical (unpaired) electrons. The maximum atomic E-state index is 12.8. The van der Waals surface area contributed by atoms with Crippen molar-refractivity contribution in [3.8, 4) is 5.75 Å². The van der Waals surface area contributed by atoms with Crippen LogP contribution in [-0.2, 0) is 21.2 Å². The zero-order valence-corrected chi connectivity index (χ0v) is 18.4. The van der Waals surface area contributed by atoms with Gasteiger partial charge in [-0.15, -0.1) is 0 Å². The molecule has 0 aliphatic carbocycles. The van der Waals surface area contributed by atoms with Crippen molar-refractivity contribution in [3.05, 3.63) is 35.2 Å². The first kappa shape index (κ1) is 22.9. The number of sulfonamides is 1. The topological polar surface area (TPSA) is 102 Å². The maximum absolute atomic E-state index is 12.8. The Morgan fingerprint density at radius 1 is 1.21 bits per heavy atom. The first-order valence-electron chi connectivity index (χ1n) is 9.73. The van der Waals surface area contributed by atoms with E-state index in [2.05, 4.69) is 10.5 Å². The summed E-state index contributed by atoms with van der Waals surface area (Å²) >= 11 is 0. The molecule has 0 bridgehead atoms. The lowest BCUT2D eigenvalue weighted by atomic mass is 10.1. The van der Waals surface area contributed by atoms with Crippen LogP contribution in [0.3, 0.4) is 0 Å². The Morgan fingerprint density at radius 2 is 1.90 bits per heavy atom. The lowest BCUT2D eigenvalue weighted by molar-refractivity contribution is -0.116. The smallest absolute Gasteiger partial charge is 0.243 e. The van der Waals surface area contributed by atoms with Crippen LogP contribution in [0.25, 0.3) is 0 Å². The molecule has 1 aromatic carbocycles. The average molecular weight is 424 g/mol. The van der Waals surface area contributed by atoms with Crippen LogP contribution in [0, 0.1) is 13.8 Å². The second kappa shape index (κ2) is 9.89. The summed E-state index contributed by atoms with van der Waals surface area (Å²) in [5.41, 5.74) is 2.00. The standard InChI is InChI=1S/C20H29N3O5S/c1-6-23(7-2)29(25,26)16-9-11-19(27-8-3)18(13-16)21-20(24)12-10-17-14(4)22-28-15(17)5/h9,11,13H,6-8,10,12H2,1-5H3,(H,21,24). The van der Waals surface area contributed by atoms with E-state index < -0.39 is 10.0 Å². The molecule has 160 valence electrons. The Hall–Kier alpha value is -2.39. The van der Waals surface area contributed by atoms with Gasteiger partial charge in [0.1, 0.15) is 11.5 Å². The summed E-state index contributed by atoms with van der Waals surface area (Å²) in [7, 11) is -3.64. The van der Waals surface area contributed by atoms with Crippen LogP contribution in [-0.4, -0.2) is 43.5 Å². The quantitative estimate of drug-likeness (QED) is 0.629. The number of anilines is 1. The number of aryl methyl sites for hydroxylation is 2. The van der Waals surface area contributed by atoms with Crippen molar-refractivity contribution in [3.63, 3.8) is 0 Å². The van der Waals surface area contributed by atoms with E-state index in [-0.39, 0.29) is 17.2 Å². The van der Waals surface area contributed by atoms with Gasteiger partial charge in [-0.1, -0.05) is 19.0 Å². The van der Waals surface area contributed by atoms with E-state index >= 15 is 0 Å². The van der Waals surface area contributed by atoms with Gasteiger partial charge in [-0.3, -0.25) is 4.79 Å². The fourth-order valence-electron chi connectivity index (χ4n) is 3.07. The molecule has 2 rings (SSSR count). The van der Waals surface area contributed by atoms with Gasteiger partial charge in [-0.2, -0.15) is 4.31 Å². The summed E-state index contributed by atoms with van der Waals surface area (Å²) in [6.07, 6.45) is 0.690. The van der Waals surface area contributed by atoms with Crippen molar-refractivity contribution in [2.45, 2.75) is 52.4 Å². The predicted octanol–water partition coefficient (Wildman–Crippen LogP) is 3.29. The summed E-state index contributed by atoms with van der Waals surface area (Å²) in [6, 6.07) is 4.52. The average Bonchev–Trinajstić information content (AvgIpc) is 3.00. The lowest BCUT2D eigenvalue weighted by Crippen LogP contribution is -2.30. The van der Waals surface area contributed by atoms with Crippen LogP contribution in [0.5, 0.6) is 5.75 Å². The summed E-state index contributed by atoms with van der Waals surface area (Å²) in [5, 5.41) is 6.68. The fourth-order valence-corrected chi connectivity index (χ4v) is 4.56. The number of ether oxygens (including phenoxy) is 1. The molecule has 0 saturated heterocycles. The molecule has 0 aliphatic rings. The second-order valence-electron chi connectivity index (χ2n) is 6.53. The number of aromatic nitrogens is 1. The molecule has 0 unspecified atom stereocenters. The van der Waals surface area contributed by atoms with E-state index in [4.69, 9.17) is 9.26 Å². The molecule has 0 saturated carbocycles. The minimum absolute atomic E-state index is 0.116. The molecule has 0 aliphatic heterocycles. The van der Waals surface area contributed by atoms with Gasteiger partial charge in [0.05, 0.1) is 22.9 Å². The molecular formula is C20H29N3O5S. The zero-order valence-electron chi connectivity index (χ0n) is 17.6. The first-order valence-corrected chi connectivity index (χ1v) is 11.2. The Labute approximate surface area is 172 Å². The van der Waals surface area contributed by atoms with Crippen LogP contribution >= 0.6 is 0 Å². The Kier molecular flexibility index (Phi) is 7.80. The van der Waals surface area contributed by atoms with Gasteiger partial charge in [0.2, 0.25) is 15.9 Å². The van der Waals surface area contributed by atoms with Gasteiger partial charge in [0, 0.05) is 25.1 Å². The van der Waals surface area contributed by atoms with Gasteiger partial charge >= 0.3 is 0 Å². The monoisotopic (exact) mass is 423 g/mol. The predicted molar refractivity (Wildman–Crippen MR) is 111 cm³/mol. The number of hydrogen-bond donors (Lipinski definition) is 1. The van der Waals surface area contributed by atoms with E-state index in [0.717, 1.165) is 11.3 Å². The summed E-state index contributed by atoms with van der Waals surface area (Å²) in [4.78, 5) is 12.6. The van der Waals surface area contributed by atoms with Crippen LogP contribution in [0.15, 0.2) is 27.6 Å². The van der Waals surface area contributed by atoms with E-state index in [1.165, 1.54) is 16.4 Å². The Bertz CT molecular complexity index is 930. The highest BCUT2D eigenvalue weighted by Gasteiger charge is 2.23. The number of nitrogens with one attached hydrogen (secondary N) is 1. The molecule has 1 aromatic heterocycles. The summed E-state index contributed by atoms with van der Waals surface area (Å²) in [5.74, 6) is 0.873. The van der Waals surface area contributed by atoms with Crippen molar-refractivity contribution in [1.29, 1.82) is 0 Å². The molecule has 0 fully saturated rings. The maximum Gasteiger partial charge on any atom is 0.243 e. The Balaban J connectivity index is 2.24. The number of hydrogen-bond acceptors (Lipinski definition) is 6. The van der Waals surface area contributed by atoms with Gasteiger partial charge in [0.15, 0.2) is 0 Å². The van der Waals surface area contributed by atoms with E-state index in [0.29, 0.717) is 43.3 Å². The number of carbonyl (C=O) groups is 1. The third-order valence-electron chi connectivity index (χ3n) is 4.65. The molecule has 2 aromatic rings. The van der Waals surface area contributed by atoms with Crippen LogP contribution in [0.4, 0.5) is 5.69 Å². The zero-order chi connectivity index (χ0) is 21.6. The van der Waals surface area contributed by atoms with Crippen molar-refractivity contribution < 1.29 is 22.5 Å². The third-order valence-corrected chi connectivity index (χ3v) is 6.70. The van der Waals surface area contributed by atoms with Crippen LogP contribution in [0.2, 0.25) is 0 Å². The minimum Gasteiger partial charge on any atom is -0.492 e. The SMILES string of the molecule is CCOc1ccc(S(=O)(=O)N(CC)CC)cc1NC(=O)CCc1c(C)noc1C. The fraction of sp³-hybridized carbons (Fsp3) is 0.500. The Morgan fingerprint density at radius 3 is 2.45 bits per heavy atom. The van der Waals surface area contributed by atoms with Gasteiger partial charge in [0.25, 0.3) is 0 Å². The van der Waals surface area contributed by atoms with Gasteiger partial charge < -0.3 is 14.6 Å². The van der Waals surface area contributed by atoms with E-state index in [1.807, 2.05) is 20.8 Å². The summed E-state index contributed by atoms with van der Waals surface area (Å²) < 4.78 is 37.7. The largest absolute Gasteiger partial charge is 0.492 e. The number of rotatable bonds is 10. The van der Waals surface area contributed by atoms with Gasteiger partial charge in [-0.05, 0) is 45.4 Å². The number of amides is 1. The number of nitrogens with zero attached hydrogens (tertiary/aromatic N) is 2. The van der Waals surface area contributed by atoms with Crippen LogP contribution in [0.1, 0.15) is 44.2 Å².